The molecule has 2 N–H and O–H groups in total. The molecule has 4 aromatic rings. The van der Waals surface area contributed by atoms with Crippen LogP contribution in [0, 0.1) is 0 Å². The van der Waals surface area contributed by atoms with Crippen LogP contribution in [-0.2, 0) is 0 Å². The van der Waals surface area contributed by atoms with Gasteiger partial charge in [0.1, 0.15) is 0 Å². The van der Waals surface area contributed by atoms with Crippen molar-refractivity contribution in [3.8, 4) is 0 Å². The van der Waals surface area contributed by atoms with Gasteiger partial charge in [-0.3, -0.25) is 10.9 Å². The molecule has 0 amide bonds. The Hall–Kier alpha value is -2.34. The molecule has 0 atom stereocenters. The zero-order chi connectivity index (χ0) is 21.8. The Morgan fingerprint density at radius 3 is 0.875 bits per heavy atom. The minimum absolute atomic E-state index is 0.355. The maximum atomic E-state index is 3.49. The van der Waals surface area contributed by atoms with Crippen molar-refractivity contribution in [2.24, 2.45) is 0 Å². The van der Waals surface area contributed by atoms with Gasteiger partial charge in [-0.2, -0.15) is 0 Å². The summed E-state index contributed by atoms with van der Waals surface area (Å²) in [6.07, 6.45) is 2.23. The molecule has 162 valence electrons. The molecule has 4 rings (SSSR count). The van der Waals surface area contributed by atoms with Gasteiger partial charge in [-0.25, -0.2) is 0 Å². The molecule has 4 heteroatoms. The number of hydrogen-bond donors (Lipinski definition) is 2. The van der Waals surface area contributed by atoms with Crippen LogP contribution in [0.2, 0.25) is 0 Å². The second-order valence-corrected chi connectivity index (χ2v) is 12.2. The normalized spacial score (nSPS) is 11.2. The lowest BCUT2D eigenvalue weighted by Crippen LogP contribution is -2.37. The summed E-state index contributed by atoms with van der Waals surface area (Å²) in [6.45, 7) is 1.90. The van der Waals surface area contributed by atoms with E-state index >= 15 is 0 Å². The summed E-state index contributed by atoms with van der Waals surface area (Å²) in [7, 11) is -0.710. The number of benzene rings is 4. The van der Waals surface area contributed by atoms with E-state index in [1.54, 1.807) is 0 Å². The molecular formula is C28H30N2P2. The Bertz CT molecular complexity index is 862. The molecule has 0 unspecified atom stereocenters. The van der Waals surface area contributed by atoms with Crippen molar-refractivity contribution < 1.29 is 0 Å². The molecule has 0 fully saturated rings. The fourth-order valence-electron chi connectivity index (χ4n) is 3.76. The summed E-state index contributed by atoms with van der Waals surface area (Å²) in [4.78, 5) is 0. The molecule has 0 aliphatic heterocycles. The molecule has 0 aliphatic carbocycles. The van der Waals surface area contributed by atoms with Gasteiger partial charge in [-0.15, -0.1) is 0 Å². The van der Waals surface area contributed by atoms with Crippen LogP contribution in [0.15, 0.2) is 121 Å². The minimum Gasteiger partial charge on any atom is -0.257 e. The first-order valence-electron chi connectivity index (χ1n) is 11.1. The third-order valence-electron chi connectivity index (χ3n) is 5.32. The number of nitrogens with one attached hydrogen (secondary N) is 2. The smallest absolute Gasteiger partial charge is 0.0145 e. The van der Waals surface area contributed by atoms with Crippen molar-refractivity contribution in [3.05, 3.63) is 121 Å². The quantitative estimate of drug-likeness (QED) is 0.199. The molecule has 0 saturated carbocycles. The first-order chi connectivity index (χ1) is 15.9. The van der Waals surface area contributed by atoms with E-state index in [1.165, 1.54) is 21.2 Å². The van der Waals surface area contributed by atoms with E-state index in [4.69, 9.17) is 0 Å². The zero-order valence-electron chi connectivity index (χ0n) is 18.3. The number of hydrogen-bond acceptors (Lipinski definition) is 2. The molecule has 4 aromatic carbocycles. The molecule has 0 spiro atoms. The van der Waals surface area contributed by atoms with Crippen LogP contribution in [0.5, 0.6) is 0 Å². The Morgan fingerprint density at radius 2 is 0.625 bits per heavy atom. The fraction of sp³-hybridized carbons (Fsp3) is 0.143. The van der Waals surface area contributed by atoms with E-state index in [-0.39, 0.29) is 15.8 Å². The molecular weight excluding hydrogens is 426 g/mol. The maximum absolute atomic E-state index is 3.49. The third kappa shape index (κ3) is 6.58. The highest BCUT2D eigenvalue weighted by molar-refractivity contribution is 7.73. The highest BCUT2D eigenvalue weighted by Crippen LogP contribution is 2.33. The van der Waals surface area contributed by atoms with E-state index < -0.39 is 0 Å². The van der Waals surface area contributed by atoms with Crippen molar-refractivity contribution in [1.82, 2.24) is 10.9 Å². The van der Waals surface area contributed by atoms with Crippen LogP contribution in [0.3, 0.4) is 0 Å². The van der Waals surface area contributed by atoms with Crippen LogP contribution in [-0.4, -0.2) is 25.4 Å². The van der Waals surface area contributed by atoms with Crippen LogP contribution in [0.1, 0.15) is 0 Å². The van der Waals surface area contributed by atoms with E-state index in [0.29, 0.717) is 0 Å². The van der Waals surface area contributed by atoms with Gasteiger partial charge in [0.25, 0.3) is 0 Å². The maximum Gasteiger partial charge on any atom is 0.0145 e. The number of rotatable bonds is 11. The molecule has 0 aliphatic rings. The van der Waals surface area contributed by atoms with Gasteiger partial charge in [0, 0.05) is 13.1 Å². The van der Waals surface area contributed by atoms with Gasteiger partial charge in [-0.1, -0.05) is 121 Å². The van der Waals surface area contributed by atoms with E-state index in [1.807, 2.05) is 0 Å². The molecule has 0 saturated heterocycles. The van der Waals surface area contributed by atoms with Gasteiger partial charge in [0.2, 0.25) is 0 Å². The van der Waals surface area contributed by atoms with Crippen LogP contribution in [0.25, 0.3) is 0 Å². The molecule has 0 aromatic heterocycles. The highest BCUT2D eigenvalue weighted by atomic mass is 31.1. The Kier molecular flexibility index (Phi) is 9.02. The number of hydrazine groups is 1. The third-order valence-corrected chi connectivity index (χ3v) is 10.3. The molecule has 0 bridgehead atoms. The summed E-state index contributed by atoms with van der Waals surface area (Å²) in [5, 5.41) is 5.75. The van der Waals surface area contributed by atoms with Gasteiger partial charge in [0.05, 0.1) is 0 Å². The van der Waals surface area contributed by atoms with Crippen molar-refractivity contribution in [2.75, 3.05) is 25.4 Å². The summed E-state index contributed by atoms with van der Waals surface area (Å²) >= 11 is 0. The minimum atomic E-state index is -0.355. The first kappa shape index (κ1) is 22.8. The molecule has 32 heavy (non-hydrogen) atoms. The predicted molar refractivity (Wildman–Crippen MR) is 144 cm³/mol. The second kappa shape index (κ2) is 12.6. The largest absolute Gasteiger partial charge is 0.257 e. The van der Waals surface area contributed by atoms with Crippen molar-refractivity contribution >= 4 is 37.1 Å². The van der Waals surface area contributed by atoms with Gasteiger partial charge in [-0.05, 0) is 49.4 Å². The van der Waals surface area contributed by atoms with Crippen molar-refractivity contribution in [1.29, 1.82) is 0 Å². The fourth-order valence-corrected chi connectivity index (χ4v) is 8.19. The van der Waals surface area contributed by atoms with Crippen LogP contribution >= 0.6 is 15.8 Å². The van der Waals surface area contributed by atoms with Gasteiger partial charge < -0.3 is 0 Å². The molecule has 0 radical (unpaired) electrons. The van der Waals surface area contributed by atoms with E-state index in [9.17, 15) is 0 Å². The summed E-state index contributed by atoms with van der Waals surface area (Å²) in [5.41, 5.74) is 6.98. The van der Waals surface area contributed by atoms with E-state index in [2.05, 4.69) is 132 Å². The van der Waals surface area contributed by atoms with Crippen molar-refractivity contribution in [2.45, 2.75) is 0 Å². The van der Waals surface area contributed by atoms with Crippen molar-refractivity contribution in [3.63, 3.8) is 0 Å². The Labute approximate surface area is 194 Å². The summed E-state index contributed by atoms with van der Waals surface area (Å²) in [5.74, 6) is 0. The second-order valence-electron chi connectivity index (χ2n) is 7.50. The average Bonchev–Trinajstić information content (AvgIpc) is 2.88. The first-order valence-corrected chi connectivity index (χ1v) is 14.2. The highest BCUT2D eigenvalue weighted by Gasteiger charge is 2.14. The monoisotopic (exact) mass is 456 g/mol. The summed E-state index contributed by atoms with van der Waals surface area (Å²) < 4.78 is 0. The lowest BCUT2D eigenvalue weighted by atomic mass is 10.4. The van der Waals surface area contributed by atoms with Gasteiger partial charge in [0.15, 0.2) is 0 Å². The Morgan fingerprint density at radius 1 is 0.375 bits per heavy atom. The molecule has 0 heterocycles. The average molecular weight is 457 g/mol. The van der Waals surface area contributed by atoms with Crippen LogP contribution in [0.4, 0.5) is 0 Å². The zero-order valence-corrected chi connectivity index (χ0v) is 20.1. The lowest BCUT2D eigenvalue weighted by molar-refractivity contribution is 0.577. The topological polar surface area (TPSA) is 24.1 Å². The Balaban J connectivity index is 1.31. The van der Waals surface area contributed by atoms with E-state index in [0.717, 1.165) is 25.4 Å². The van der Waals surface area contributed by atoms with Gasteiger partial charge >= 0.3 is 0 Å². The lowest BCUT2D eigenvalue weighted by Gasteiger charge is -2.21. The standard InChI is InChI=1S/C28H30N2P2/c1-5-13-25(14-6-1)31(26-15-7-2-8-16-26)23-21-29-30-22-24-32(27-17-9-3-10-18-27)28-19-11-4-12-20-28/h1-20,29-30H,21-24H2. The summed E-state index contributed by atoms with van der Waals surface area (Å²) in [6, 6.07) is 43.7. The SMILES string of the molecule is c1ccc(P(CCNNCCP(c2ccccc2)c2ccccc2)c2ccccc2)cc1. The molecule has 2 nitrogen and oxygen atoms in total. The predicted octanol–water partition coefficient (Wildman–Crippen LogP) is 4.35. The van der Waals surface area contributed by atoms with Crippen LogP contribution < -0.4 is 32.1 Å².